The zero-order valence-electron chi connectivity index (χ0n) is 18.9. The largest absolute Gasteiger partial charge is 0.351 e. The van der Waals surface area contributed by atoms with Gasteiger partial charge < -0.3 is 15.5 Å². The molecule has 6 heteroatoms. The fourth-order valence-electron chi connectivity index (χ4n) is 4.82. The van der Waals surface area contributed by atoms with Crippen LogP contribution in [0.1, 0.15) is 52.1 Å². The highest BCUT2D eigenvalue weighted by atomic mass is 32.1. The molecule has 172 valence electrons. The Kier molecular flexibility index (Phi) is 6.74. The number of piperidine rings is 2. The molecule has 0 bridgehead atoms. The third-order valence-corrected chi connectivity index (χ3v) is 7.96. The van der Waals surface area contributed by atoms with E-state index in [1.807, 2.05) is 35.2 Å². The van der Waals surface area contributed by atoms with Gasteiger partial charge in [0.1, 0.15) is 0 Å². The topological polar surface area (TPSA) is 61.4 Å². The minimum atomic E-state index is 0.0249. The molecule has 0 aliphatic carbocycles. The van der Waals surface area contributed by atoms with E-state index in [2.05, 4.69) is 28.8 Å². The van der Waals surface area contributed by atoms with Gasteiger partial charge in [0.05, 0.1) is 4.88 Å². The molecule has 0 radical (unpaired) electrons. The van der Waals surface area contributed by atoms with Crippen molar-refractivity contribution in [3.8, 4) is 11.1 Å². The number of carbonyl (C=O) groups excluding carboxylic acids is 2. The first-order valence-electron chi connectivity index (χ1n) is 12.1. The first kappa shape index (κ1) is 22.1. The SMILES string of the molecule is O=C(NCC1CCNCC1)c1cc2ccc(-c3ccc(C(=O)N4CCCCC4)cc3)cc2s1. The summed E-state index contributed by atoms with van der Waals surface area (Å²) in [4.78, 5) is 28.2. The molecule has 0 atom stereocenters. The van der Waals surface area contributed by atoms with E-state index in [1.165, 1.54) is 6.42 Å². The first-order valence-corrected chi connectivity index (χ1v) is 12.9. The molecule has 0 saturated carbocycles. The molecule has 33 heavy (non-hydrogen) atoms. The number of likely N-dealkylation sites (tertiary alicyclic amines) is 1. The summed E-state index contributed by atoms with van der Waals surface area (Å²) in [6, 6.07) is 16.2. The van der Waals surface area contributed by atoms with Gasteiger partial charge in [0.2, 0.25) is 0 Å². The molecule has 1 aromatic heterocycles. The predicted octanol–water partition coefficient (Wildman–Crippen LogP) is 4.92. The van der Waals surface area contributed by atoms with E-state index >= 15 is 0 Å². The van der Waals surface area contributed by atoms with Gasteiger partial charge in [0.15, 0.2) is 0 Å². The van der Waals surface area contributed by atoms with Crippen LogP contribution in [0.3, 0.4) is 0 Å². The highest BCUT2D eigenvalue weighted by Crippen LogP contribution is 2.31. The Bertz CT molecular complexity index is 1130. The Hall–Kier alpha value is -2.70. The van der Waals surface area contributed by atoms with Crippen LogP contribution in [0.2, 0.25) is 0 Å². The van der Waals surface area contributed by atoms with Crippen molar-refractivity contribution in [1.82, 2.24) is 15.5 Å². The summed E-state index contributed by atoms with van der Waals surface area (Å²) in [5.74, 6) is 0.730. The quantitative estimate of drug-likeness (QED) is 0.567. The molecule has 2 N–H and O–H groups in total. The van der Waals surface area contributed by atoms with Crippen LogP contribution >= 0.6 is 11.3 Å². The molecule has 2 aliphatic heterocycles. The number of hydrogen-bond acceptors (Lipinski definition) is 4. The minimum absolute atomic E-state index is 0.0249. The van der Waals surface area contributed by atoms with E-state index in [0.717, 1.165) is 90.1 Å². The lowest BCUT2D eigenvalue weighted by molar-refractivity contribution is 0.0724. The van der Waals surface area contributed by atoms with E-state index in [0.29, 0.717) is 5.92 Å². The van der Waals surface area contributed by atoms with E-state index in [9.17, 15) is 9.59 Å². The number of hydrogen-bond donors (Lipinski definition) is 2. The van der Waals surface area contributed by atoms with Crippen LogP contribution in [0, 0.1) is 5.92 Å². The second kappa shape index (κ2) is 10.1. The van der Waals surface area contributed by atoms with Gasteiger partial charge in [-0.2, -0.15) is 0 Å². The average molecular weight is 462 g/mol. The lowest BCUT2D eigenvalue weighted by Crippen LogP contribution is -2.35. The number of amides is 2. The second-order valence-electron chi connectivity index (χ2n) is 9.20. The van der Waals surface area contributed by atoms with Crippen molar-refractivity contribution in [1.29, 1.82) is 0 Å². The van der Waals surface area contributed by atoms with Crippen LogP contribution in [-0.2, 0) is 0 Å². The molecule has 2 fully saturated rings. The van der Waals surface area contributed by atoms with Crippen molar-refractivity contribution in [3.63, 3.8) is 0 Å². The van der Waals surface area contributed by atoms with Crippen LogP contribution in [0.25, 0.3) is 21.2 Å². The minimum Gasteiger partial charge on any atom is -0.351 e. The third kappa shape index (κ3) is 5.12. The molecule has 3 aromatic rings. The molecular formula is C27H31N3O2S. The summed E-state index contributed by atoms with van der Waals surface area (Å²) in [6.45, 7) is 4.56. The van der Waals surface area contributed by atoms with Gasteiger partial charge in [-0.15, -0.1) is 11.3 Å². The maximum absolute atomic E-state index is 12.7. The number of carbonyl (C=O) groups is 2. The molecule has 5 rings (SSSR count). The van der Waals surface area contributed by atoms with Crippen molar-refractivity contribution in [2.75, 3.05) is 32.7 Å². The van der Waals surface area contributed by atoms with Crippen LogP contribution < -0.4 is 10.6 Å². The molecule has 0 spiro atoms. The summed E-state index contributed by atoms with van der Waals surface area (Å²) in [7, 11) is 0. The number of thiophene rings is 1. The summed E-state index contributed by atoms with van der Waals surface area (Å²) >= 11 is 1.54. The number of nitrogens with zero attached hydrogens (tertiary/aromatic N) is 1. The van der Waals surface area contributed by atoms with Crippen molar-refractivity contribution >= 4 is 33.2 Å². The van der Waals surface area contributed by atoms with Gasteiger partial charge in [-0.05, 0) is 91.9 Å². The maximum Gasteiger partial charge on any atom is 0.261 e. The van der Waals surface area contributed by atoms with Crippen LogP contribution in [0.5, 0.6) is 0 Å². The molecule has 0 unspecified atom stereocenters. The van der Waals surface area contributed by atoms with E-state index < -0.39 is 0 Å². The summed E-state index contributed by atoms with van der Waals surface area (Å²) < 4.78 is 1.10. The van der Waals surface area contributed by atoms with Gasteiger partial charge >= 0.3 is 0 Å². The molecule has 2 aliphatic rings. The van der Waals surface area contributed by atoms with E-state index in [-0.39, 0.29) is 11.8 Å². The Morgan fingerprint density at radius 2 is 1.67 bits per heavy atom. The molecule has 2 amide bonds. The first-order chi connectivity index (χ1) is 16.2. The van der Waals surface area contributed by atoms with Crippen LogP contribution in [0.15, 0.2) is 48.5 Å². The molecule has 2 saturated heterocycles. The normalized spacial score (nSPS) is 17.3. The Balaban J connectivity index is 1.27. The van der Waals surface area contributed by atoms with Crippen LogP contribution in [0.4, 0.5) is 0 Å². The maximum atomic E-state index is 12.7. The van der Waals surface area contributed by atoms with Crippen molar-refractivity contribution in [2.24, 2.45) is 5.92 Å². The zero-order valence-corrected chi connectivity index (χ0v) is 19.8. The third-order valence-electron chi connectivity index (χ3n) is 6.86. The lowest BCUT2D eigenvalue weighted by Gasteiger charge is -2.26. The summed E-state index contributed by atoms with van der Waals surface area (Å²) in [6.07, 6.45) is 5.66. The zero-order chi connectivity index (χ0) is 22.6. The van der Waals surface area contributed by atoms with Gasteiger partial charge in [0.25, 0.3) is 11.8 Å². The molecular weight excluding hydrogens is 430 g/mol. The molecule has 2 aromatic carbocycles. The van der Waals surface area contributed by atoms with Gasteiger partial charge in [-0.1, -0.05) is 24.3 Å². The van der Waals surface area contributed by atoms with E-state index in [1.54, 1.807) is 11.3 Å². The van der Waals surface area contributed by atoms with Crippen molar-refractivity contribution in [2.45, 2.75) is 32.1 Å². The summed E-state index contributed by atoms with van der Waals surface area (Å²) in [5, 5.41) is 7.58. The highest BCUT2D eigenvalue weighted by Gasteiger charge is 2.19. The highest BCUT2D eigenvalue weighted by molar-refractivity contribution is 7.20. The van der Waals surface area contributed by atoms with Crippen molar-refractivity contribution < 1.29 is 9.59 Å². The average Bonchev–Trinajstić information content (AvgIpc) is 3.32. The summed E-state index contributed by atoms with van der Waals surface area (Å²) in [5.41, 5.74) is 2.94. The Labute approximate surface area is 199 Å². The number of rotatable bonds is 5. The predicted molar refractivity (Wildman–Crippen MR) is 135 cm³/mol. The number of nitrogens with one attached hydrogen (secondary N) is 2. The number of fused-ring (bicyclic) bond motifs is 1. The molecule has 5 nitrogen and oxygen atoms in total. The Morgan fingerprint density at radius 1 is 0.939 bits per heavy atom. The van der Waals surface area contributed by atoms with Gasteiger partial charge in [-0.25, -0.2) is 0 Å². The second-order valence-corrected chi connectivity index (χ2v) is 10.3. The fraction of sp³-hybridized carbons (Fsp3) is 0.407. The molecule has 3 heterocycles. The van der Waals surface area contributed by atoms with Crippen molar-refractivity contribution in [3.05, 3.63) is 59.0 Å². The smallest absolute Gasteiger partial charge is 0.261 e. The fourth-order valence-corrected chi connectivity index (χ4v) is 5.84. The van der Waals surface area contributed by atoms with Crippen LogP contribution in [-0.4, -0.2) is 49.4 Å². The van der Waals surface area contributed by atoms with E-state index in [4.69, 9.17) is 0 Å². The monoisotopic (exact) mass is 461 g/mol. The lowest BCUT2D eigenvalue weighted by atomic mass is 9.98. The Morgan fingerprint density at radius 3 is 2.42 bits per heavy atom. The van der Waals surface area contributed by atoms with Gasteiger partial charge in [-0.3, -0.25) is 9.59 Å². The van der Waals surface area contributed by atoms with Gasteiger partial charge in [0, 0.05) is 29.9 Å². The number of benzene rings is 2. The standard InChI is InChI=1S/C27H31N3O2S/c31-26(29-18-19-10-12-28-13-11-19)25-17-23-9-8-22(16-24(23)33-25)20-4-6-21(7-5-20)27(32)30-14-2-1-3-15-30/h4-9,16-17,19,28H,1-3,10-15,18H2,(H,29,31).